The number of benzene rings is 1. The van der Waals surface area contributed by atoms with Crippen molar-refractivity contribution in [2.75, 3.05) is 26.7 Å². The minimum absolute atomic E-state index is 0. The minimum atomic E-state index is 0. The molecule has 1 aromatic carbocycles. The van der Waals surface area contributed by atoms with Gasteiger partial charge in [0.05, 0.1) is 0 Å². The molecule has 2 atom stereocenters. The number of piperidine rings is 1. The third-order valence-electron chi connectivity index (χ3n) is 5.54. The fraction of sp³-hybridized carbons (Fsp3) is 0.565. The van der Waals surface area contributed by atoms with Crippen molar-refractivity contribution < 1.29 is 0 Å². The number of nitrogens with one attached hydrogen (secondary N) is 2. The highest BCUT2D eigenvalue weighted by Crippen LogP contribution is 2.23. The van der Waals surface area contributed by atoms with Crippen LogP contribution in [0.2, 0.25) is 0 Å². The molecule has 166 valence electrons. The van der Waals surface area contributed by atoms with Crippen LogP contribution < -0.4 is 10.6 Å². The lowest BCUT2D eigenvalue weighted by molar-refractivity contribution is 0.134. The van der Waals surface area contributed by atoms with Crippen LogP contribution in [0.4, 0.5) is 0 Å². The van der Waals surface area contributed by atoms with Gasteiger partial charge in [-0.25, -0.2) is 0 Å². The molecule has 1 fully saturated rings. The average molecular weight is 524 g/mol. The highest BCUT2D eigenvalue weighted by atomic mass is 127. The molecule has 1 aliphatic rings. The van der Waals surface area contributed by atoms with E-state index in [0.29, 0.717) is 0 Å². The predicted molar refractivity (Wildman–Crippen MR) is 135 cm³/mol. The lowest BCUT2D eigenvalue weighted by atomic mass is 9.91. The van der Waals surface area contributed by atoms with Crippen LogP contribution in [0.5, 0.6) is 0 Å². The Hall–Kier alpha value is -1.61. The number of halogens is 1. The molecule has 0 bridgehead atoms. The number of nitrogens with zero attached hydrogens (tertiary/aromatic N) is 4. The average Bonchev–Trinajstić information content (AvgIpc) is 3.21. The molecule has 2 N–H and O–H groups in total. The Kier molecular flexibility index (Phi) is 10.6. The minimum Gasteiger partial charge on any atom is -0.356 e. The Morgan fingerprint density at radius 3 is 2.50 bits per heavy atom. The number of aryl methyl sites for hydroxylation is 1. The van der Waals surface area contributed by atoms with Gasteiger partial charge in [0.15, 0.2) is 5.96 Å². The summed E-state index contributed by atoms with van der Waals surface area (Å²) in [5.74, 6) is 2.42. The first kappa shape index (κ1) is 24.7. The van der Waals surface area contributed by atoms with Crippen LogP contribution in [0.15, 0.2) is 47.7 Å². The van der Waals surface area contributed by atoms with Gasteiger partial charge in [0.1, 0.15) is 0 Å². The van der Waals surface area contributed by atoms with Crippen molar-refractivity contribution in [1.29, 1.82) is 0 Å². The molecule has 2 heterocycles. The van der Waals surface area contributed by atoms with E-state index in [4.69, 9.17) is 0 Å². The topological polar surface area (TPSA) is 57.5 Å². The van der Waals surface area contributed by atoms with Crippen molar-refractivity contribution in [3.05, 3.63) is 53.9 Å². The largest absolute Gasteiger partial charge is 0.356 e. The Balaban J connectivity index is 0.00000320. The van der Waals surface area contributed by atoms with Crippen LogP contribution in [-0.4, -0.2) is 47.3 Å². The molecule has 7 heteroatoms. The molecule has 0 radical (unpaired) electrons. The number of aliphatic imine (C=N–C) groups is 1. The second-order valence-corrected chi connectivity index (χ2v) is 8.38. The molecule has 0 saturated carbocycles. The lowest BCUT2D eigenvalue weighted by Crippen LogP contribution is -2.39. The fourth-order valence-electron chi connectivity index (χ4n) is 4.33. The number of hydrogen-bond acceptors (Lipinski definition) is 3. The normalized spacial score (nSPS) is 19.9. The van der Waals surface area contributed by atoms with Crippen molar-refractivity contribution in [3.63, 3.8) is 0 Å². The molecule has 6 nitrogen and oxygen atoms in total. The summed E-state index contributed by atoms with van der Waals surface area (Å²) in [5, 5.41) is 11.1. The van der Waals surface area contributed by atoms with E-state index in [-0.39, 0.29) is 24.0 Å². The van der Waals surface area contributed by atoms with Crippen LogP contribution in [0.3, 0.4) is 0 Å². The molecule has 2 aromatic rings. The molecule has 0 amide bonds. The number of guanidine groups is 1. The number of aromatic nitrogens is 2. The predicted octanol–water partition coefficient (Wildman–Crippen LogP) is 3.73. The van der Waals surface area contributed by atoms with Gasteiger partial charge < -0.3 is 10.6 Å². The van der Waals surface area contributed by atoms with Gasteiger partial charge in [0.2, 0.25) is 0 Å². The first-order valence-corrected chi connectivity index (χ1v) is 10.8. The summed E-state index contributed by atoms with van der Waals surface area (Å²) >= 11 is 0. The zero-order valence-electron chi connectivity index (χ0n) is 18.6. The Labute approximate surface area is 198 Å². The van der Waals surface area contributed by atoms with Gasteiger partial charge in [-0.2, -0.15) is 5.10 Å². The fourth-order valence-corrected chi connectivity index (χ4v) is 4.33. The number of hydrogen-bond donors (Lipinski definition) is 2. The van der Waals surface area contributed by atoms with Gasteiger partial charge in [-0.05, 0) is 41.9 Å². The molecular formula is C23H37IN6. The van der Waals surface area contributed by atoms with Crippen molar-refractivity contribution in [3.8, 4) is 0 Å². The van der Waals surface area contributed by atoms with Gasteiger partial charge in [-0.15, -0.1) is 24.0 Å². The molecule has 1 aliphatic heterocycles. The third kappa shape index (κ3) is 7.91. The van der Waals surface area contributed by atoms with E-state index in [1.54, 1.807) is 0 Å². The molecule has 30 heavy (non-hydrogen) atoms. The van der Waals surface area contributed by atoms with Crippen LogP contribution in [0.25, 0.3) is 0 Å². The second-order valence-electron chi connectivity index (χ2n) is 8.38. The Bertz CT molecular complexity index is 751. The van der Waals surface area contributed by atoms with Crippen LogP contribution in [0.1, 0.15) is 37.8 Å². The standard InChI is InChI=1S/C23H36N6.HI/c1-19-14-20(2)17-28(16-19)18-22-9-5-4-8-21(22)15-26-23(24-3)25-10-6-12-29-13-7-11-27-29;/h4-5,7-9,11,13,19-20H,6,10,12,14-18H2,1-3H3,(H2,24,25,26);1H. The van der Waals surface area contributed by atoms with E-state index in [9.17, 15) is 0 Å². The van der Waals surface area contributed by atoms with Gasteiger partial charge >= 0.3 is 0 Å². The third-order valence-corrected chi connectivity index (χ3v) is 5.54. The number of rotatable bonds is 8. The van der Waals surface area contributed by atoms with E-state index in [2.05, 4.69) is 63.7 Å². The van der Waals surface area contributed by atoms with E-state index >= 15 is 0 Å². The maximum Gasteiger partial charge on any atom is 0.191 e. The summed E-state index contributed by atoms with van der Waals surface area (Å²) in [4.78, 5) is 6.98. The van der Waals surface area contributed by atoms with Gasteiger partial charge in [0, 0.05) is 58.7 Å². The molecule has 2 unspecified atom stereocenters. The van der Waals surface area contributed by atoms with Gasteiger partial charge in [-0.3, -0.25) is 14.6 Å². The van der Waals surface area contributed by atoms with Crippen molar-refractivity contribution in [1.82, 2.24) is 25.3 Å². The first-order chi connectivity index (χ1) is 14.1. The van der Waals surface area contributed by atoms with Crippen molar-refractivity contribution in [2.45, 2.75) is 46.3 Å². The van der Waals surface area contributed by atoms with E-state index < -0.39 is 0 Å². The highest BCUT2D eigenvalue weighted by molar-refractivity contribution is 14.0. The zero-order chi connectivity index (χ0) is 20.5. The van der Waals surface area contributed by atoms with Gasteiger partial charge in [0.25, 0.3) is 0 Å². The summed E-state index contributed by atoms with van der Waals surface area (Å²) in [6, 6.07) is 10.7. The van der Waals surface area contributed by atoms with Crippen molar-refractivity contribution >= 4 is 29.9 Å². The smallest absolute Gasteiger partial charge is 0.191 e. The summed E-state index contributed by atoms with van der Waals surface area (Å²) in [7, 11) is 1.82. The van der Waals surface area contributed by atoms with E-state index in [1.165, 1.54) is 30.6 Å². The maximum absolute atomic E-state index is 4.36. The number of likely N-dealkylation sites (tertiary alicyclic amines) is 1. The molecule has 0 spiro atoms. The molecule has 1 saturated heterocycles. The monoisotopic (exact) mass is 524 g/mol. The SMILES string of the molecule is CN=C(NCCCn1cccn1)NCc1ccccc1CN1CC(C)CC(C)C1.I. The highest BCUT2D eigenvalue weighted by Gasteiger charge is 2.22. The Morgan fingerprint density at radius 2 is 1.83 bits per heavy atom. The molecule has 1 aromatic heterocycles. The molecule has 3 rings (SSSR count). The maximum atomic E-state index is 4.36. The summed E-state index contributed by atoms with van der Waals surface area (Å²) in [6.45, 7) is 10.7. The zero-order valence-corrected chi connectivity index (χ0v) is 20.9. The van der Waals surface area contributed by atoms with E-state index in [1.807, 2.05) is 30.2 Å². The quantitative estimate of drug-likeness (QED) is 0.239. The lowest BCUT2D eigenvalue weighted by Gasteiger charge is -2.35. The molecule has 0 aliphatic carbocycles. The van der Waals surface area contributed by atoms with Crippen molar-refractivity contribution in [2.24, 2.45) is 16.8 Å². The van der Waals surface area contributed by atoms with Crippen LogP contribution >= 0.6 is 24.0 Å². The second kappa shape index (κ2) is 12.9. The summed E-state index contributed by atoms with van der Waals surface area (Å²) in [6.07, 6.45) is 6.16. The summed E-state index contributed by atoms with van der Waals surface area (Å²) in [5.41, 5.74) is 2.76. The van der Waals surface area contributed by atoms with Gasteiger partial charge in [-0.1, -0.05) is 38.1 Å². The Morgan fingerprint density at radius 1 is 1.10 bits per heavy atom. The molecular weight excluding hydrogens is 487 g/mol. The summed E-state index contributed by atoms with van der Waals surface area (Å²) < 4.78 is 1.95. The van der Waals surface area contributed by atoms with Crippen LogP contribution in [0, 0.1) is 11.8 Å². The first-order valence-electron chi connectivity index (χ1n) is 10.8. The van der Waals surface area contributed by atoms with Crippen LogP contribution in [-0.2, 0) is 19.6 Å². The van der Waals surface area contributed by atoms with E-state index in [0.717, 1.165) is 50.4 Å².